The number of nitrogens with one attached hydrogen (secondary N) is 2. The van der Waals surface area contributed by atoms with Gasteiger partial charge in [0, 0.05) is 17.8 Å². The van der Waals surface area contributed by atoms with Crippen LogP contribution in [0.4, 0.5) is 0 Å². The van der Waals surface area contributed by atoms with Crippen molar-refractivity contribution in [2.75, 3.05) is 6.54 Å². The highest BCUT2D eigenvalue weighted by Crippen LogP contribution is 2.05. The molecule has 0 saturated heterocycles. The molecule has 1 heterocycles. The Morgan fingerprint density at radius 3 is 3.07 bits per heavy atom. The van der Waals surface area contributed by atoms with Crippen LogP contribution in [0.3, 0.4) is 0 Å². The predicted molar refractivity (Wildman–Crippen MR) is 58.3 cm³/mol. The number of pyridine rings is 1. The molecule has 0 amide bonds. The Morgan fingerprint density at radius 2 is 2.43 bits per heavy atom. The van der Waals surface area contributed by atoms with Gasteiger partial charge in [0.25, 0.3) is 0 Å². The first-order valence-electron chi connectivity index (χ1n) is 4.77. The van der Waals surface area contributed by atoms with Crippen molar-refractivity contribution in [3.05, 3.63) is 46.9 Å². The third-order valence-electron chi connectivity index (χ3n) is 2.06. The van der Waals surface area contributed by atoms with E-state index < -0.39 is 0 Å². The van der Waals surface area contributed by atoms with Crippen molar-refractivity contribution in [2.45, 2.75) is 19.4 Å². The molecular weight excluding hydrogens is 176 g/mol. The standard InChI is InChI=1S/C11H16N2O/c1-3-4-8-12-9(2)10-6-5-7-11(14)13-10/h3,5-7,9,12H,1,4,8H2,2H3,(H,13,14). The number of hydrogen-bond acceptors (Lipinski definition) is 2. The lowest BCUT2D eigenvalue weighted by Crippen LogP contribution is -2.22. The van der Waals surface area contributed by atoms with E-state index in [1.54, 1.807) is 6.07 Å². The van der Waals surface area contributed by atoms with Crippen LogP contribution in [0.25, 0.3) is 0 Å². The van der Waals surface area contributed by atoms with Crippen LogP contribution < -0.4 is 10.9 Å². The fraction of sp³-hybridized carbons (Fsp3) is 0.364. The SMILES string of the molecule is C=CCCNC(C)c1cccc(=O)[nH]1. The van der Waals surface area contributed by atoms with Crippen molar-refractivity contribution < 1.29 is 0 Å². The van der Waals surface area contributed by atoms with Gasteiger partial charge in [-0.3, -0.25) is 4.79 Å². The van der Waals surface area contributed by atoms with Crippen LogP contribution in [0, 0.1) is 0 Å². The Balaban J connectivity index is 2.55. The van der Waals surface area contributed by atoms with Gasteiger partial charge in [0.1, 0.15) is 0 Å². The predicted octanol–water partition coefficient (Wildman–Crippen LogP) is 1.60. The maximum atomic E-state index is 11.0. The Morgan fingerprint density at radius 1 is 1.64 bits per heavy atom. The zero-order valence-electron chi connectivity index (χ0n) is 8.42. The summed E-state index contributed by atoms with van der Waals surface area (Å²) in [6.07, 6.45) is 2.80. The Bertz CT molecular complexity index is 343. The highest BCUT2D eigenvalue weighted by Gasteiger charge is 2.03. The minimum atomic E-state index is -0.0557. The van der Waals surface area contributed by atoms with Gasteiger partial charge in [-0.1, -0.05) is 12.1 Å². The molecule has 1 rings (SSSR count). The molecule has 3 heteroatoms. The van der Waals surface area contributed by atoms with Crippen molar-refractivity contribution >= 4 is 0 Å². The van der Waals surface area contributed by atoms with E-state index >= 15 is 0 Å². The second kappa shape index (κ2) is 5.40. The number of H-pyrrole nitrogens is 1. The first kappa shape index (κ1) is 10.7. The first-order chi connectivity index (χ1) is 6.74. The van der Waals surface area contributed by atoms with Crippen LogP contribution in [-0.4, -0.2) is 11.5 Å². The van der Waals surface area contributed by atoms with Crippen molar-refractivity contribution in [1.29, 1.82) is 0 Å². The fourth-order valence-corrected chi connectivity index (χ4v) is 1.23. The zero-order valence-corrected chi connectivity index (χ0v) is 8.42. The summed E-state index contributed by atoms with van der Waals surface area (Å²) in [4.78, 5) is 13.8. The van der Waals surface area contributed by atoms with Crippen LogP contribution in [-0.2, 0) is 0 Å². The minimum absolute atomic E-state index is 0.0557. The quantitative estimate of drug-likeness (QED) is 0.550. The molecule has 0 aliphatic heterocycles. The van der Waals surface area contributed by atoms with E-state index in [1.165, 1.54) is 6.07 Å². The summed E-state index contributed by atoms with van der Waals surface area (Å²) in [5, 5.41) is 3.29. The summed E-state index contributed by atoms with van der Waals surface area (Å²) < 4.78 is 0. The summed E-state index contributed by atoms with van der Waals surface area (Å²) in [5.74, 6) is 0. The largest absolute Gasteiger partial charge is 0.325 e. The minimum Gasteiger partial charge on any atom is -0.325 e. The van der Waals surface area contributed by atoms with Crippen LogP contribution in [0.1, 0.15) is 25.1 Å². The average Bonchev–Trinajstić information content (AvgIpc) is 2.18. The molecule has 14 heavy (non-hydrogen) atoms. The molecule has 1 atom stereocenters. The number of aromatic amines is 1. The van der Waals surface area contributed by atoms with Gasteiger partial charge in [-0.2, -0.15) is 0 Å². The van der Waals surface area contributed by atoms with Gasteiger partial charge in [-0.05, 0) is 26.0 Å². The number of rotatable bonds is 5. The number of hydrogen-bond donors (Lipinski definition) is 2. The Hall–Kier alpha value is -1.35. The van der Waals surface area contributed by atoms with Gasteiger partial charge < -0.3 is 10.3 Å². The lowest BCUT2D eigenvalue weighted by molar-refractivity contribution is 0.567. The van der Waals surface area contributed by atoms with Crippen molar-refractivity contribution in [3.63, 3.8) is 0 Å². The number of aromatic nitrogens is 1. The van der Waals surface area contributed by atoms with E-state index in [9.17, 15) is 4.79 Å². The molecule has 0 bridgehead atoms. The summed E-state index contributed by atoms with van der Waals surface area (Å²) in [5.41, 5.74) is 0.862. The van der Waals surface area contributed by atoms with Gasteiger partial charge in [-0.25, -0.2) is 0 Å². The molecule has 0 aliphatic carbocycles. The molecule has 0 aliphatic rings. The molecule has 0 aromatic carbocycles. The van der Waals surface area contributed by atoms with E-state index in [4.69, 9.17) is 0 Å². The molecule has 3 nitrogen and oxygen atoms in total. The van der Waals surface area contributed by atoms with E-state index in [0.717, 1.165) is 18.7 Å². The lowest BCUT2D eigenvalue weighted by Gasteiger charge is -2.12. The first-order valence-corrected chi connectivity index (χ1v) is 4.77. The van der Waals surface area contributed by atoms with Gasteiger partial charge in [0.2, 0.25) is 5.56 Å². The molecule has 1 aromatic heterocycles. The smallest absolute Gasteiger partial charge is 0.248 e. The molecule has 76 valence electrons. The van der Waals surface area contributed by atoms with Crippen LogP contribution in [0.2, 0.25) is 0 Å². The molecule has 1 aromatic rings. The summed E-state index contributed by atoms with van der Waals surface area (Å²) in [6.45, 7) is 6.55. The second-order valence-corrected chi connectivity index (χ2v) is 3.22. The normalized spacial score (nSPS) is 12.4. The van der Waals surface area contributed by atoms with E-state index in [-0.39, 0.29) is 11.6 Å². The van der Waals surface area contributed by atoms with Crippen molar-refractivity contribution in [1.82, 2.24) is 10.3 Å². The maximum Gasteiger partial charge on any atom is 0.248 e. The molecular formula is C11H16N2O. The van der Waals surface area contributed by atoms with Crippen LogP contribution >= 0.6 is 0 Å². The van der Waals surface area contributed by atoms with Gasteiger partial charge in [0.15, 0.2) is 0 Å². The van der Waals surface area contributed by atoms with Gasteiger partial charge in [-0.15, -0.1) is 6.58 Å². The Labute approximate surface area is 83.9 Å². The molecule has 0 saturated carbocycles. The lowest BCUT2D eigenvalue weighted by atomic mass is 10.2. The molecule has 0 radical (unpaired) electrons. The van der Waals surface area contributed by atoms with E-state index in [2.05, 4.69) is 16.9 Å². The fourth-order valence-electron chi connectivity index (χ4n) is 1.23. The second-order valence-electron chi connectivity index (χ2n) is 3.22. The maximum absolute atomic E-state index is 11.0. The van der Waals surface area contributed by atoms with Crippen LogP contribution in [0.15, 0.2) is 35.6 Å². The monoisotopic (exact) mass is 192 g/mol. The van der Waals surface area contributed by atoms with Crippen LogP contribution in [0.5, 0.6) is 0 Å². The van der Waals surface area contributed by atoms with E-state index in [0.29, 0.717) is 0 Å². The molecule has 0 fully saturated rings. The highest BCUT2D eigenvalue weighted by atomic mass is 16.1. The highest BCUT2D eigenvalue weighted by molar-refractivity contribution is 5.07. The molecule has 1 unspecified atom stereocenters. The third kappa shape index (κ3) is 3.18. The topological polar surface area (TPSA) is 44.9 Å². The molecule has 2 N–H and O–H groups in total. The average molecular weight is 192 g/mol. The van der Waals surface area contributed by atoms with E-state index in [1.807, 2.05) is 19.1 Å². The summed E-state index contributed by atoms with van der Waals surface area (Å²) in [6, 6.07) is 5.36. The van der Waals surface area contributed by atoms with Gasteiger partial charge in [0.05, 0.1) is 0 Å². The molecule has 0 spiro atoms. The summed E-state index contributed by atoms with van der Waals surface area (Å²) in [7, 11) is 0. The zero-order chi connectivity index (χ0) is 10.4. The summed E-state index contributed by atoms with van der Waals surface area (Å²) >= 11 is 0. The third-order valence-corrected chi connectivity index (χ3v) is 2.06. The van der Waals surface area contributed by atoms with Crippen molar-refractivity contribution in [3.8, 4) is 0 Å². The Kier molecular flexibility index (Phi) is 4.13. The van der Waals surface area contributed by atoms with Crippen molar-refractivity contribution in [2.24, 2.45) is 0 Å². The van der Waals surface area contributed by atoms with Gasteiger partial charge >= 0.3 is 0 Å².